The molecule has 12 rings (SSSR count). The molecule has 3 radical (unpaired) electrons. The summed E-state index contributed by atoms with van der Waals surface area (Å²) in [6, 6.07) is 61.7. The molecule has 27 heteroatoms. The Morgan fingerprint density at radius 3 is 0.496 bits per heavy atom. The average molecular weight is 1700 g/mol. The van der Waals surface area contributed by atoms with E-state index >= 15 is 0 Å². The molecule has 615 valence electrons. The Morgan fingerprint density at radius 1 is 0.235 bits per heavy atom. The summed E-state index contributed by atoms with van der Waals surface area (Å²) in [5, 5.41) is 75.9. The van der Waals surface area contributed by atoms with Gasteiger partial charge in [0.05, 0.1) is 68.3 Å². The number of benzene rings is 4. The van der Waals surface area contributed by atoms with Gasteiger partial charge in [0.2, 0.25) is 0 Å². The second-order valence-corrected chi connectivity index (χ2v) is 29.2. The second-order valence-electron chi connectivity index (χ2n) is 29.2. The maximum atomic E-state index is 11.6. The first kappa shape index (κ1) is 104. The van der Waals surface area contributed by atoms with Gasteiger partial charge in [0, 0.05) is 147 Å². The van der Waals surface area contributed by atoms with E-state index in [0.29, 0.717) is 113 Å². The fourth-order valence-electron chi connectivity index (χ4n) is 10.8. The number of aromatic nitrogens is 8. The van der Waals surface area contributed by atoms with Crippen LogP contribution in [0.1, 0.15) is 133 Å². The first-order chi connectivity index (χ1) is 50.7. The van der Waals surface area contributed by atoms with E-state index in [9.17, 15) is 20.4 Å². The Labute approximate surface area is 700 Å². The molecule has 0 atom stereocenters. The van der Waals surface area contributed by atoms with Gasteiger partial charge >= 0.3 is 0 Å². The molecule has 0 saturated heterocycles. The third-order valence-electron chi connectivity index (χ3n) is 16.3. The van der Waals surface area contributed by atoms with Gasteiger partial charge in [-0.15, -0.1) is 0 Å². The van der Waals surface area contributed by atoms with Crippen LogP contribution in [0.15, 0.2) is 219 Å². The minimum absolute atomic E-state index is 0. The Kier molecular flexibility index (Phi) is 40.9. The number of aliphatic carboxylic acids is 4. The van der Waals surface area contributed by atoms with Crippen LogP contribution in [-0.2, 0) is 91.2 Å². The molecule has 24 nitrogen and oxygen atoms in total. The summed E-state index contributed by atoms with van der Waals surface area (Å²) in [5.41, 5.74) is 16.6. The first-order valence-electron chi connectivity index (χ1n) is 34.6. The van der Waals surface area contributed by atoms with Crippen LogP contribution in [0, 0.1) is 0 Å². The number of hydrogen-bond donors (Lipinski definition) is 8. The van der Waals surface area contributed by atoms with Gasteiger partial charge in [0.1, 0.15) is 23.0 Å². The van der Waals surface area contributed by atoms with E-state index in [2.05, 4.69) is 103 Å². The largest absolute Gasteiger partial charge is 0.507 e. The summed E-state index contributed by atoms with van der Waals surface area (Å²) < 4.78 is 0. The predicted octanol–water partition coefficient (Wildman–Crippen LogP) is 16.3. The minimum Gasteiger partial charge on any atom is -0.507 e. The number of carboxylic acids is 4. The van der Waals surface area contributed by atoms with E-state index in [-0.39, 0.29) is 117 Å². The average Bonchev–Trinajstić information content (AvgIpc) is 0.782. The predicted molar refractivity (Wildman–Crippen MR) is 439 cm³/mol. The molecule has 4 aromatic carbocycles. The Morgan fingerprint density at radius 2 is 0.365 bits per heavy atom. The van der Waals surface area contributed by atoms with Crippen molar-refractivity contribution in [2.75, 3.05) is 0 Å². The Bertz CT molecular complexity index is 4500. The van der Waals surface area contributed by atoms with Crippen molar-refractivity contribution in [1.82, 2.24) is 39.9 Å². The molecule has 8 aromatic heterocycles. The van der Waals surface area contributed by atoms with Crippen molar-refractivity contribution < 1.29 is 132 Å². The van der Waals surface area contributed by atoms with E-state index in [4.69, 9.17) is 59.5 Å². The van der Waals surface area contributed by atoms with Crippen LogP contribution in [0.4, 0.5) is 0 Å². The Balaban J connectivity index is 0.00000181. The minimum atomic E-state index is -0.833. The van der Waals surface area contributed by atoms with E-state index in [0.717, 1.165) is 49.9 Å². The quantitative estimate of drug-likeness (QED) is 0.0630. The van der Waals surface area contributed by atoms with Crippen molar-refractivity contribution >= 4 is 23.9 Å². The molecule has 0 aliphatic rings. The van der Waals surface area contributed by atoms with Crippen LogP contribution < -0.4 is 0 Å². The molecular formula is C88H100Co3N8O16. The van der Waals surface area contributed by atoms with Gasteiger partial charge in [-0.05, 0) is 190 Å². The zero-order valence-corrected chi connectivity index (χ0v) is 69.7. The van der Waals surface area contributed by atoms with Crippen LogP contribution in [0.5, 0.6) is 23.0 Å². The standard InChI is InChI=1S/2C40H38N4O2.4C2H4O2.3Co.4H2O/c2*1-39(2,3)25-21-27(31-13-7-9-19-41-31)37(45)29(23-25)33-15-11-17-35(43-33)36-18-12-16-34(44-36)30-24-26(40(4,5)6)22-28(38(30)46)32-14-8-10-20-42-32;4*1-2(3)4;;;;;;;/h2*7-24,45-46H,1-6H3;4*1H3,(H,3,4);;;;4*1H2. The van der Waals surface area contributed by atoms with Crippen LogP contribution in [0.2, 0.25) is 0 Å². The number of nitrogens with zero attached hydrogens (tertiary/aromatic N) is 8. The zero-order chi connectivity index (χ0) is 79.6. The number of phenolic OH excluding ortho intramolecular Hbond substituents is 4. The monoisotopic (exact) mass is 1700 g/mol. The van der Waals surface area contributed by atoms with E-state index in [1.807, 2.05) is 194 Å². The number of phenols is 4. The first-order valence-corrected chi connectivity index (χ1v) is 34.6. The normalized spacial score (nSPS) is 10.4. The van der Waals surface area contributed by atoms with E-state index in [1.165, 1.54) is 0 Å². The van der Waals surface area contributed by atoms with E-state index < -0.39 is 23.9 Å². The second kappa shape index (κ2) is 45.4. The number of carboxylic acid groups (broad SMARTS) is 4. The molecule has 0 aliphatic carbocycles. The van der Waals surface area contributed by atoms with Gasteiger partial charge < -0.3 is 62.8 Å². The summed E-state index contributed by atoms with van der Waals surface area (Å²) in [5.74, 6) is -2.82. The molecule has 115 heavy (non-hydrogen) atoms. The van der Waals surface area contributed by atoms with Gasteiger partial charge in [0.15, 0.2) is 0 Å². The van der Waals surface area contributed by atoms with Crippen LogP contribution in [0.25, 0.3) is 113 Å². The van der Waals surface area contributed by atoms with Crippen molar-refractivity contribution in [3.05, 3.63) is 241 Å². The van der Waals surface area contributed by atoms with Gasteiger partial charge in [-0.25, -0.2) is 19.9 Å². The fraction of sp³-hybridized carbons (Fsp3) is 0.227. The number of rotatable bonds is 10. The SMILES string of the molecule is CC(=O)O.CC(=O)O.CC(=O)O.CC(=O)O.CC(C)(C)c1cc(-c2ccccn2)c(O)c(-c2cccc(-c3cccc(-c4cc(C(C)(C)C)cc(-c5ccccn5)c4O)n3)n2)c1.CC(C)(C)c1cc(-c2ccccn2)c(O)c(-c2cccc(-c3cccc(-c4cc(C(C)(C)C)cc(-c5ccccn5)c4O)n3)n2)c1.O.O.O.O.[Co].[Co].[Co]. The molecule has 0 aliphatic heterocycles. The number of hydrogen-bond acceptors (Lipinski definition) is 16. The molecular weight excluding hydrogens is 1600 g/mol. The van der Waals surface area contributed by atoms with Crippen molar-refractivity contribution in [1.29, 1.82) is 0 Å². The topological polar surface area (TPSA) is 459 Å². The van der Waals surface area contributed by atoms with Crippen LogP contribution in [0.3, 0.4) is 0 Å². The molecule has 0 spiro atoms. The summed E-state index contributed by atoms with van der Waals surface area (Å²) in [6.45, 7) is 30.1. The van der Waals surface area contributed by atoms with Crippen molar-refractivity contribution in [3.8, 4) is 136 Å². The molecule has 12 aromatic rings. The number of aromatic hydroxyl groups is 4. The molecule has 16 N–H and O–H groups in total. The van der Waals surface area contributed by atoms with Crippen molar-refractivity contribution in [3.63, 3.8) is 0 Å². The maximum Gasteiger partial charge on any atom is 0.300 e. The maximum absolute atomic E-state index is 11.6. The summed E-state index contributed by atoms with van der Waals surface area (Å²) in [7, 11) is 0. The number of pyridine rings is 8. The number of carbonyl (C=O) groups is 4. The molecule has 0 bridgehead atoms. The fourth-order valence-corrected chi connectivity index (χ4v) is 10.8. The van der Waals surface area contributed by atoms with Crippen LogP contribution >= 0.6 is 0 Å². The Hall–Kier alpha value is -11.5. The van der Waals surface area contributed by atoms with Crippen molar-refractivity contribution in [2.45, 2.75) is 132 Å². The van der Waals surface area contributed by atoms with Crippen LogP contribution in [-0.4, -0.2) is 127 Å². The molecule has 0 saturated carbocycles. The molecule has 0 amide bonds. The smallest absolute Gasteiger partial charge is 0.300 e. The summed E-state index contributed by atoms with van der Waals surface area (Å²) in [6.07, 6.45) is 6.90. The van der Waals surface area contributed by atoms with Gasteiger partial charge in [-0.2, -0.15) is 0 Å². The molecule has 0 fully saturated rings. The van der Waals surface area contributed by atoms with Crippen molar-refractivity contribution in [2.24, 2.45) is 0 Å². The van der Waals surface area contributed by atoms with E-state index in [1.54, 1.807) is 24.8 Å². The summed E-state index contributed by atoms with van der Waals surface area (Å²) in [4.78, 5) is 74.0. The molecule has 8 heterocycles. The third kappa shape index (κ3) is 29.1. The molecule has 0 unspecified atom stereocenters. The summed E-state index contributed by atoms with van der Waals surface area (Å²) >= 11 is 0. The van der Waals surface area contributed by atoms with Gasteiger partial charge in [0.25, 0.3) is 23.9 Å². The zero-order valence-electron chi connectivity index (χ0n) is 66.6. The van der Waals surface area contributed by atoms with Gasteiger partial charge in [-0.1, -0.05) is 132 Å². The third-order valence-corrected chi connectivity index (χ3v) is 16.3. The van der Waals surface area contributed by atoms with Gasteiger partial charge in [-0.3, -0.25) is 39.1 Å².